The summed E-state index contributed by atoms with van der Waals surface area (Å²) in [5.74, 6) is 0.336. The Morgan fingerprint density at radius 2 is 1.81 bits per heavy atom. The quantitative estimate of drug-likeness (QED) is 0.769. The van der Waals surface area contributed by atoms with Gasteiger partial charge in [-0.2, -0.15) is 5.26 Å². The van der Waals surface area contributed by atoms with Gasteiger partial charge in [-0.25, -0.2) is 9.97 Å². The van der Waals surface area contributed by atoms with Crippen molar-refractivity contribution in [1.29, 1.82) is 5.26 Å². The Hall–Kier alpha value is -3.72. The van der Waals surface area contributed by atoms with Crippen molar-refractivity contribution in [3.8, 4) is 6.07 Å². The molecule has 2 aromatic carbocycles. The summed E-state index contributed by atoms with van der Waals surface area (Å²) in [6, 6.07) is 18.7. The number of carbonyl (C=O) groups is 1. The maximum absolute atomic E-state index is 12.2. The summed E-state index contributed by atoms with van der Waals surface area (Å²) in [6.07, 6.45) is 3.03. The fraction of sp³-hybridized carbons (Fsp3) is 0.100. The zero-order chi connectivity index (χ0) is 18.4. The number of amides is 1. The molecular weight excluding hydrogens is 326 g/mol. The van der Waals surface area contributed by atoms with Gasteiger partial charge >= 0.3 is 0 Å². The SMILES string of the molecule is CN(Cc1ccccc1)c1cnc(C(=O)Nc2ccc(C#N)cc2)cn1. The first-order valence-electron chi connectivity index (χ1n) is 8.04. The van der Waals surface area contributed by atoms with E-state index in [4.69, 9.17) is 5.26 Å². The van der Waals surface area contributed by atoms with Crippen LogP contribution >= 0.6 is 0 Å². The van der Waals surface area contributed by atoms with E-state index in [-0.39, 0.29) is 11.6 Å². The van der Waals surface area contributed by atoms with E-state index in [0.29, 0.717) is 23.6 Å². The van der Waals surface area contributed by atoms with Crippen molar-refractivity contribution in [2.75, 3.05) is 17.3 Å². The van der Waals surface area contributed by atoms with Gasteiger partial charge in [0.25, 0.3) is 5.91 Å². The second-order valence-corrected chi connectivity index (χ2v) is 5.74. The number of nitriles is 1. The normalized spacial score (nSPS) is 10.0. The molecule has 0 spiro atoms. The summed E-state index contributed by atoms with van der Waals surface area (Å²) >= 11 is 0. The van der Waals surface area contributed by atoms with Crippen LogP contribution in [0.1, 0.15) is 21.6 Å². The third kappa shape index (κ3) is 4.22. The lowest BCUT2D eigenvalue weighted by atomic mass is 10.2. The number of hydrogen-bond donors (Lipinski definition) is 1. The van der Waals surface area contributed by atoms with Crippen molar-refractivity contribution in [1.82, 2.24) is 9.97 Å². The molecule has 0 bridgehead atoms. The molecule has 1 heterocycles. The van der Waals surface area contributed by atoms with E-state index in [2.05, 4.69) is 15.3 Å². The smallest absolute Gasteiger partial charge is 0.275 e. The lowest BCUT2D eigenvalue weighted by Gasteiger charge is -2.17. The Bertz CT molecular complexity index is 915. The molecule has 0 radical (unpaired) electrons. The summed E-state index contributed by atoms with van der Waals surface area (Å²) in [7, 11) is 1.92. The molecule has 0 fully saturated rings. The van der Waals surface area contributed by atoms with Crippen molar-refractivity contribution in [3.05, 3.63) is 83.8 Å². The number of carbonyl (C=O) groups excluding carboxylic acids is 1. The van der Waals surface area contributed by atoms with E-state index >= 15 is 0 Å². The van der Waals surface area contributed by atoms with Gasteiger partial charge in [-0.05, 0) is 29.8 Å². The van der Waals surface area contributed by atoms with Crippen molar-refractivity contribution in [2.24, 2.45) is 0 Å². The first-order chi connectivity index (χ1) is 12.7. The predicted molar refractivity (Wildman–Crippen MR) is 99.7 cm³/mol. The highest BCUT2D eigenvalue weighted by molar-refractivity contribution is 6.02. The average molecular weight is 343 g/mol. The van der Waals surface area contributed by atoms with Crippen LogP contribution in [0.2, 0.25) is 0 Å². The monoisotopic (exact) mass is 343 g/mol. The summed E-state index contributed by atoms with van der Waals surface area (Å²) in [5, 5.41) is 11.5. The van der Waals surface area contributed by atoms with Gasteiger partial charge in [-0.1, -0.05) is 30.3 Å². The van der Waals surface area contributed by atoms with Gasteiger partial charge in [0.1, 0.15) is 11.5 Å². The summed E-state index contributed by atoms with van der Waals surface area (Å²) in [5.41, 5.74) is 2.53. The molecule has 0 aliphatic rings. The summed E-state index contributed by atoms with van der Waals surface area (Å²) < 4.78 is 0. The van der Waals surface area contributed by atoms with Crippen LogP contribution in [-0.2, 0) is 6.54 Å². The van der Waals surface area contributed by atoms with Gasteiger partial charge in [0.2, 0.25) is 0 Å². The number of rotatable bonds is 5. The standard InChI is InChI=1S/C20H17N5O/c1-25(14-16-5-3-2-4-6-16)19-13-22-18(12-23-19)20(26)24-17-9-7-15(11-21)8-10-17/h2-10,12-13H,14H2,1H3,(H,24,26). The van der Waals surface area contributed by atoms with E-state index in [1.165, 1.54) is 11.8 Å². The molecule has 0 saturated carbocycles. The van der Waals surface area contributed by atoms with E-state index in [9.17, 15) is 4.79 Å². The van der Waals surface area contributed by atoms with E-state index in [1.54, 1.807) is 30.5 Å². The number of aromatic nitrogens is 2. The first kappa shape index (κ1) is 17.1. The Balaban J connectivity index is 1.64. The van der Waals surface area contributed by atoms with Crippen molar-refractivity contribution >= 4 is 17.4 Å². The van der Waals surface area contributed by atoms with Crippen molar-refractivity contribution in [3.63, 3.8) is 0 Å². The summed E-state index contributed by atoms with van der Waals surface area (Å²) in [4.78, 5) is 22.7. The van der Waals surface area contributed by atoms with E-state index < -0.39 is 0 Å². The number of nitrogens with zero attached hydrogens (tertiary/aromatic N) is 4. The fourth-order valence-electron chi connectivity index (χ4n) is 2.40. The zero-order valence-corrected chi connectivity index (χ0v) is 14.3. The van der Waals surface area contributed by atoms with Crippen molar-refractivity contribution < 1.29 is 4.79 Å². The molecule has 26 heavy (non-hydrogen) atoms. The number of benzene rings is 2. The lowest BCUT2D eigenvalue weighted by molar-refractivity contribution is 0.102. The van der Waals surface area contributed by atoms with Crippen LogP contribution in [0.3, 0.4) is 0 Å². The van der Waals surface area contributed by atoms with Gasteiger partial charge in [-0.3, -0.25) is 4.79 Å². The van der Waals surface area contributed by atoms with Crippen LogP contribution in [0, 0.1) is 11.3 Å². The second kappa shape index (κ2) is 7.90. The fourth-order valence-corrected chi connectivity index (χ4v) is 2.40. The molecule has 3 aromatic rings. The molecule has 0 saturated heterocycles. The molecule has 1 N–H and O–H groups in total. The molecule has 6 nitrogen and oxygen atoms in total. The minimum Gasteiger partial charge on any atom is -0.354 e. The molecule has 6 heteroatoms. The number of nitrogens with one attached hydrogen (secondary N) is 1. The summed E-state index contributed by atoms with van der Waals surface area (Å²) in [6.45, 7) is 0.701. The van der Waals surface area contributed by atoms with E-state index in [0.717, 1.165) is 0 Å². The molecule has 3 rings (SSSR count). The minimum absolute atomic E-state index is 0.228. The second-order valence-electron chi connectivity index (χ2n) is 5.74. The van der Waals surface area contributed by atoms with Gasteiger partial charge in [0.05, 0.1) is 24.0 Å². The third-order valence-electron chi connectivity index (χ3n) is 3.80. The lowest BCUT2D eigenvalue weighted by Crippen LogP contribution is -2.19. The molecule has 0 aliphatic carbocycles. The third-order valence-corrected chi connectivity index (χ3v) is 3.80. The molecule has 128 valence electrons. The highest BCUT2D eigenvalue weighted by Crippen LogP contribution is 2.13. The molecular formula is C20H17N5O. The van der Waals surface area contributed by atoms with Gasteiger partial charge in [0.15, 0.2) is 0 Å². The maximum atomic E-state index is 12.2. The molecule has 0 aliphatic heterocycles. The minimum atomic E-state index is -0.348. The molecule has 0 atom stereocenters. The topological polar surface area (TPSA) is 81.9 Å². The van der Waals surface area contributed by atoms with E-state index in [1.807, 2.05) is 48.3 Å². The predicted octanol–water partition coefficient (Wildman–Crippen LogP) is 3.24. The van der Waals surface area contributed by atoms with Crippen LogP contribution in [0.25, 0.3) is 0 Å². The van der Waals surface area contributed by atoms with Gasteiger partial charge in [-0.15, -0.1) is 0 Å². The Kier molecular flexibility index (Phi) is 5.20. The number of anilines is 2. The maximum Gasteiger partial charge on any atom is 0.275 e. The zero-order valence-electron chi connectivity index (χ0n) is 14.3. The Morgan fingerprint density at radius 1 is 1.08 bits per heavy atom. The Morgan fingerprint density at radius 3 is 2.42 bits per heavy atom. The van der Waals surface area contributed by atoms with Crippen LogP contribution in [0.4, 0.5) is 11.5 Å². The number of hydrogen-bond acceptors (Lipinski definition) is 5. The molecule has 1 amide bonds. The largest absolute Gasteiger partial charge is 0.354 e. The van der Waals surface area contributed by atoms with Crippen LogP contribution in [-0.4, -0.2) is 22.9 Å². The van der Waals surface area contributed by atoms with Gasteiger partial charge in [0, 0.05) is 19.3 Å². The van der Waals surface area contributed by atoms with Crippen LogP contribution < -0.4 is 10.2 Å². The van der Waals surface area contributed by atoms with Gasteiger partial charge < -0.3 is 10.2 Å². The first-order valence-corrected chi connectivity index (χ1v) is 8.04. The highest BCUT2D eigenvalue weighted by atomic mass is 16.1. The molecule has 0 unspecified atom stereocenters. The molecule has 1 aromatic heterocycles. The van der Waals surface area contributed by atoms with Crippen LogP contribution in [0.15, 0.2) is 67.0 Å². The Labute approximate surface area is 151 Å². The van der Waals surface area contributed by atoms with Crippen LogP contribution in [0.5, 0.6) is 0 Å². The average Bonchev–Trinajstić information content (AvgIpc) is 2.69. The highest BCUT2D eigenvalue weighted by Gasteiger charge is 2.10. The van der Waals surface area contributed by atoms with Crippen molar-refractivity contribution in [2.45, 2.75) is 6.54 Å².